The van der Waals surface area contributed by atoms with Crippen LogP contribution in [0.15, 0.2) is 82.1 Å². The molecule has 6 nitrogen and oxygen atoms in total. The van der Waals surface area contributed by atoms with E-state index < -0.39 is 5.97 Å². The number of para-hydroxylation sites is 2. The van der Waals surface area contributed by atoms with Gasteiger partial charge in [-0.05, 0) is 35.9 Å². The fraction of sp³-hybridized carbons (Fsp3) is 0.160. The summed E-state index contributed by atoms with van der Waals surface area (Å²) in [5, 5.41) is 1.06. The molecule has 0 saturated carbocycles. The van der Waals surface area contributed by atoms with Crippen LogP contribution in [0, 0.1) is 0 Å². The highest BCUT2D eigenvalue weighted by Crippen LogP contribution is 2.20. The average Bonchev–Trinajstić information content (AvgIpc) is 2.81. The number of ether oxygens (including phenoxy) is 1. The minimum Gasteiger partial charge on any atom is -0.454 e. The van der Waals surface area contributed by atoms with E-state index in [0.29, 0.717) is 28.4 Å². The van der Waals surface area contributed by atoms with Gasteiger partial charge in [0.15, 0.2) is 12.0 Å². The molecule has 7 heteroatoms. The molecule has 0 atom stereocenters. The number of likely N-dealkylation sites (N-methyl/N-ethyl adjacent to an activating group) is 1. The zero-order valence-corrected chi connectivity index (χ0v) is 19.0. The first kappa shape index (κ1) is 21.8. The highest BCUT2D eigenvalue weighted by molar-refractivity contribution is 9.10. The second-order valence-electron chi connectivity index (χ2n) is 7.45. The molecule has 1 heterocycles. The van der Waals surface area contributed by atoms with Crippen molar-refractivity contribution >= 4 is 49.6 Å². The fourth-order valence-corrected chi connectivity index (χ4v) is 4.05. The summed E-state index contributed by atoms with van der Waals surface area (Å²) < 4.78 is 7.95. The number of halogens is 1. The monoisotopic (exact) mass is 492 g/mol. The first-order valence-corrected chi connectivity index (χ1v) is 10.9. The Hall–Kier alpha value is -3.45. The first-order valence-electron chi connectivity index (χ1n) is 10.1. The van der Waals surface area contributed by atoms with Gasteiger partial charge in [-0.15, -0.1) is 0 Å². The van der Waals surface area contributed by atoms with Crippen molar-refractivity contribution in [1.82, 2.24) is 9.47 Å². The molecular formula is C25H21BrN2O4. The van der Waals surface area contributed by atoms with E-state index in [-0.39, 0.29) is 24.5 Å². The topological polar surface area (TPSA) is 68.6 Å². The molecule has 1 aromatic heterocycles. The van der Waals surface area contributed by atoms with Crippen molar-refractivity contribution in [2.24, 2.45) is 0 Å². The van der Waals surface area contributed by atoms with Crippen LogP contribution < -0.4 is 5.43 Å². The molecular weight excluding hydrogens is 472 g/mol. The van der Waals surface area contributed by atoms with Gasteiger partial charge >= 0.3 is 5.97 Å². The molecule has 3 aromatic carbocycles. The van der Waals surface area contributed by atoms with Gasteiger partial charge in [-0.25, -0.2) is 0 Å². The average molecular weight is 493 g/mol. The molecule has 0 aliphatic rings. The molecule has 0 bridgehead atoms. The number of pyridine rings is 1. The molecule has 0 radical (unpaired) electrons. The predicted octanol–water partition coefficient (Wildman–Crippen LogP) is 4.12. The number of nitrogens with zero attached hydrogens (tertiary/aromatic N) is 2. The maximum Gasteiger partial charge on any atom is 0.326 e. The number of hydrogen-bond donors (Lipinski definition) is 0. The Labute approximate surface area is 193 Å². The minimum absolute atomic E-state index is 0.0790. The molecule has 0 N–H and O–H groups in total. The van der Waals surface area contributed by atoms with Crippen LogP contribution in [0.25, 0.3) is 21.8 Å². The van der Waals surface area contributed by atoms with E-state index in [1.54, 1.807) is 48.0 Å². The molecule has 0 unspecified atom stereocenters. The minimum atomic E-state index is -0.549. The van der Waals surface area contributed by atoms with Crippen LogP contribution in [0.4, 0.5) is 0 Å². The molecule has 1 amide bonds. The van der Waals surface area contributed by atoms with Gasteiger partial charge in [0.1, 0.15) is 6.54 Å². The van der Waals surface area contributed by atoms with E-state index in [0.717, 1.165) is 10.0 Å². The Kier molecular flexibility index (Phi) is 6.37. The Bertz CT molecular complexity index is 1320. The van der Waals surface area contributed by atoms with Crippen LogP contribution in [0.2, 0.25) is 0 Å². The second kappa shape index (κ2) is 9.36. The summed E-state index contributed by atoms with van der Waals surface area (Å²) in [6.45, 7) is -0.0643. The number of fused-ring (bicyclic) bond motifs is 2. The summed E-state index contributed by atoms with van der Waals surface area (Å²) >= 11 is 3.47. The van der Waals surface area contributed by atoms with Crippen molar-refractivity contribution in [3.63, 3.8) is 0 Å². The van der Waals surface area contributed by atoms with Crippen molar-refractivity contribution in [3.05, 3.63) is 93.1 Å². The lowest BCUT2D eigenvalue weighted by Gasteiger charge is -2.18. The summed E-state index contributed by atoms with van der Waals surface area (Å²) in [6, 6.07) is 21.9. The summed E-state index contributed by atoms with van der Waals surface area (Å²) in [6.07, 6.45) is 0. The third-order valence-corrected chi connectivity index (χ3v) is 6.09. The van der Waals surface area contributed by atoms with Crippen LogP contribution in [-0.4, -0.2) is 35.0 Å². The predicted molar refractivity (Wildman–Crippen MR) is 127 cm³/mol. The number of aromatic nitrogens is 1. The number of hydrogen-bond acceptors (Lipinski definition) is 4. The summed E-state index contributed by atoms with van der Waals surface area (Å²) in [4.78, 5) is 39.4. The van der Waals surface area contributed by atoms with Crippen molar-refractivity contribution in [2.45, 2.75) is 13.1 Å². The summed E-state index contributed by atoms with van der Waals surface area (Å²) in [7, 11) is 1.67. The lowest BCUT2D eigenvalue weighted by Crippen LogP contribution is -2.31. The fourth-order valence-electron chi connectivity index (χ4n) is 3.64. The third kappa shape index (κ3) is 4.43. The van der Waals surface area contributed by atoms with Crippen LogP contribution in [0.1, 0.15) is 5.56 Å². The molecule has 4 rings (SSSR count). The SMILES string of the molecule is CN(Cc1ccccc1Br)C(=O)COC(=O)Cn1c2ccccc2c(=O)c2ccccc21. The van der Waals surface area contributed by atoms with Gasteiger partial charge in [0.2, 0.25) is 0 Å². The van der Waals surface area contributed by atoms with Gasteiger partial charge in [0.25, 0.3) is 5.91 Å². The second-order valence-corrected chi connectivity index (χ2v) is 8.31. The number of rotatable bonds is 6. The number of amides is 1. The van der Waals surface area contributed by atoms with Gasteiger partial charge in [-0.2, -0.15) is 0 Å². The van der Waals surface area contributed by atoms with Crippen LogP contribution >= 0.6 is 15.9 Å². The zero-order chi connectivity index (χ0) is 22.7. The number of esters is 1. The van der Waals surface area contributed by atoms with Gasteiger partial charge in [0, 0.05) is 28.8 Å². The molecule has 0 aliphatic carbocycles. The van der Waals surface area contributed by atoms with E-state index in [9.17, 15) is 14.4 Å². The summed E-state index contributed by atoms with van der Waals surface area (Å²) in [5.41, 5.74) is 2.17. The maximum atomic E-state index is 12.8. The Morgan fingerprint density at radius 1 is 0.906 bits per heavy atom. The number of carbonyl (C=O) groups is 2. The molecule has 0 spiro atoms. The van der Waals surface area contributed by atoms with Crippen LogP contribution in [-0.2, 0) is 27.4 Å². The molecule has 0 fully saturated rings. The quantitative estimate of drug-likeness (QED) is 0.300. The summed E-state index contributed by atoms with van der Waals surface area (Å²) in [5.74, 6) is -0.852. The van der Waals surface area contributed by atoms with E-state index in [1.165, 1.54) is 4.90 Å². The van der Waals surface area contributed by atoms with Crippen molar-refractivity contribution in [1.29, 1.82) is 0 Å². The molecule has 0 saturated heterocycles. The lowest BCUT2D eigenvalue weighted by molar-refractivity contribution is -0.152. The lowest BCUT2D eigenvalue weighted by atomic mass is 10.1. The van der Waals surface area contributed by atoms with Gasteiger partial charge in [0.05, 0.1) is 11.0 Å². The number of carbonyl (C=O) groups excluding carboxylic acids is 2. The Balaban J connectivity index is 1.50. The van der Waals surface area contributed by atoms with Gasteiger partial charge in [-0.3, -0.25) is 14.4 Å². The highest BCUT2D eigenvalue weighted by atomic mass is 79.9. The zero-order valence-electron chi connectivity index (χ0n) is 17.5. The van der Waals surface area contributed by atoms with Crippen molar-refractivity contribution in [3.8, 4) is 0 Å². The number of benzene rings is 3. The molecule has 162 valence electrons. The van der Waals surface area contributed by atoms with E-state index >= 15 is 0 Å². The third-order valence-electron chi connectivity index (χ3n) is 5.31. The largest absolute Gasteiger partial charge is 0.454 e. The van der Waals surface area contributed by atoms with Crippen LogP contribution in [0.5, 0.6) is 0 Å². The first-order chi connectivity index (χ1) is 15.5. The van der Waals surface area contributed by atoms with E-state index in [1.807, 2.05) is 36.4 Å². The van der Waals surface area contributed by atoms with Crippen molar-refractivity contribution in [2.75, 3.05) is 13.7 Å². The molecule has 4 aromatic rings. The molecule has 0 aliphatic heterocycles. The standard InChI is InChI=1S/C25H21BrN2O4/c1-27(14-17-8-2-5-11-20(17)26)23(29)16-32-24(30)15-28-21-12-6-3-9-18(21)25(31)19-10-4-7-13-22(19)28/h2-13H,14-16H2,1H3. The molecule has 32 heavy (non-hydrogen) atoms. The van der Waals surface area contributed by atoms with Crippen molar-refractivity contribution < 1.29 is 14.3 Å². The highest BCUT2D eigenvalue weighted by Gasteiger charge is 2.16. The van der Waals surface area contributed by atoms with Crippen LogP contribution in [0.3, 0.4) is 0 Å². The normalized spacial score (nSPS) is 10.9. The maximum absolute atomic E-state index is 12.8. The van der Waals surface area contributed by atoms with E-state index in [2.05, 4.69) is 15.9 Å². The van der Waals surface area contributed by atoms with E-state index in [4.69, 9.17) is 4.74 Å². The Morgan fingerprint density at radius 3 is 2.09 bits per heavy atom. The Morgan fingerprint density at radius 2 is 1.47 bits per heavy atom. The smallest absolute Gasteiger partial charge is 0.326 e. The van der Waals surface area contributed by atoms with Gasteiger partial charge in [-0.1, -0.05) is 58.4 Å². The van der Waals surface area contributed by atoms with Gasteiger partial charge < -0.3 is 14.2 Å².